The topological polar surface area (TPSA) is 117 Å². The molecule has 0 aliphatic carbocycles. The summed E-state index contributed by atoms with van der Waals surface area (Å²) in [4.78, 5) is 39.7. The Hall–Kier alpha value is -1.71. The van der Waals surface area contributed by atoms with Gasteiger partial charge in [-0.2, -0.15) is 0 Å². The van der Waals surface area contributed by atoms with Crippen LogP contribution in [0.2, 0.25) is 0 Å². The molecule has 0 aromatic rings. The molecule has 0 spiro atoms. The van der Waals surface area contributed by atoms with Crippen LogP contribution in [0.15, 0.2) is 0 Å². The average Bonchev–Trinajstić information content (AvgIpc) is 3.33. The van der Waals surface area contributed by atoms with E-state index in [0.717, 1.165) is 12.8 Å². The van der Waals surface area contributed by atoms with Gasteiger partial charge in [0.15, 0.2) is 0 Å². The second kappa shape index (κ2) is 10.0. The van der Waals surface area contributed by atoms with E-state index in [2.05, 4.69) is 0 Å². The van der Waals surface area contributed by atoms with Crippen LogP contribution in [0.4, 0.5) is 0 Å². The number of ether oxygens (including phenoxy) is 2. The van der Waals surface area contributed by atoms with Gasteiger partial charge in [-0.25, -0.2) is 4.79 Å². The summed E-state index contributed by atoms with van der Waals surface area (Å²) >= 11 is 0. The molecule has 0 saturated carbocycles. The summed E-state index contributed by atoms with van der Waals surface area (Å²) in [7, 11) is 2.84. The van der Waals surface area contributed by atoms with Crippen molar-refractivity contribution in [2.24, 2.45) is 0 Å². The van der Waals surface area contributed by atoms with Gasteiger partial charge in [-0.05, 0) is 38.5 Å². The van der Waals surface area contributed by atoms with E-state index in [9.17, 15) is 24.6 Å². The predicted octanol–water partition coefficient (Wildman–Crippen LogP) is -0.144. The first-order valence-corrected chi connectivity index (χ1v) is 9.44. The summed E-state index contributed by atoms with van der Waals surface area (Å²) in [5.41, 5.74) is 0. The Morgan fingerprint density at radius 1 is 0.963 bits per heavy atom. The Labute approximate surface area is 159 Å². The molecule has 9 heteroatoms. The molecule has 9 nitrogen and oxygen atoms in total. The predicted molar refractivity (Wildman–Crippen MR) is 95.0 cm³/mol. The van der Waals surface area contributed by atoms with Gasteiger partial charge in [0.1, 0.15) is 18.2 Å². The zero-order valence-electron chi connectivity index (χ0n) is 16.0. The van der Waals surface area contributed by atoms with Crippen LogP contribution in [0.25, 0.3) is 0 Å². The number of nitrogens with zero attached hydrogens (tertiary/aromatic N) is 2. The van der Waals surface area contributed by atoms with E-state index in [-0.39, 0.29) is 37.3 Å². The molecule has 2 N–H and O–H groups in total. The lowest BCUT2D eigenvalue weighted by Gasteiger charge is -2.29. The number of likely N-dealkylation sites (tertiary alicyclic amines) is 2. The molecular weight excluding hydrogens is 356 g/mol. The third-order valence-corrected chi connectivity index (χ3v) is 5.50. The molecule has 2 fully saturated rings. The van der Waals surface area contributed by atoms with Crippen LogP contribution in [0.3, 0.4) is 0 Å². The van der Waals surface area contributed by atoms with Crippen molar-refractivity contribution >= 4 is 17.8 Å². The molecule has 0 aromatic carbocycles. The number of aliphatic carboxylic acids is 1. The minimum absolute atomic E-state index is 0.0765. The number of carboxylic acids is 1. The maximum atomic E-state index is 12.7. The van der Waals surface area contributed by atoms with Crippen LogP contribution < -0.4 is 0 Å². The SMILES string of the molecule is CO[C@H](CC[C@@H](OC)C(=O)N1CCC[C@@H]1CO)C(=O)N1CCCC1C(=O)O. The van der Waals surface area contributed by atoms with Crippen molar-refractivity contribution in [2.45, 2.75) is 62.8 Å². The van der Waals surface area contributed by atoms with Crippen molar-refractivity contribution in [1.29, 1.82) is 0 Å². The van der Waals surface area contributed by atoms with Gasteiger partial charge >= 0.3 is 5.97 Å². The third kappa shape index (κ3) is 4.97. The molecule has 27 heavy (non-hydrogen) atoms. The Morgan fingerprint density at radius 3 is 2.00 bits per heavy atom. The van der Waals surface area contributed by atoms with E-state index in [0.29, 0.717) is 25.9 Å². The molecule has 154 valence electrons. The maximum Gasteiger partial charge on any atom is 0.326 e. The largest absolute Gasteiger partial charge is 0.480 e. The monoisotopic (exact) mass is 386 g/mol. The number of hydrogen-bond acceptors (Lipinski definition) is 6. The van der Waals surface area contributed by atoms with Crippen LogP contribution in [0.5, 0.6) is 0 Å². The number of aliphatic hydroxyl groups excluding tert-OH is 1. The van der Waals surface area contributed by atoms with Crippen LogP contribution in [0, 0.1) is 0 Å². The van der Waals surface area contributed by atoms with Crippen LogP contribution in [-0.4, -0.2) is 96.0 Å². The van der Waals surface area contributed by atoms with Gasteiger partial charge in [0.05, 0.1) is 12.6 Å². The molecule has 2 aliphatic rings. The van der Waals surface area contributed by atoms with Gasteiger partial charge in [-0.15, -0.1) is 0 Å². The number of carboxylic acid groups (broad SMARTS) is 1. The molecule has 0 aromatic heterocycles. The molecule has 0 bridgehead atoms. The van der Waals surface area contributed by atoms with Gasteiger partial charge in [0, 0.05) is 27.3 Å². The molecule has 0 radical (unpaired) electrons. The highest BCUT2D eigenvalue weighted by Gasteiger charge is 2.38. The Morgan fingerprint density at radius 2 is 1.48 bits per heavy atom. The standard InChI is InChI=1S/C18H30N2O7/c1-26-14(16(22)19-9-3-5-12(19)11-21)7-8-15(27-2)17(23)20-10-4-6-13(20)18(24)25/h12-15,21H,3-11H2,1-2H3,(H,24,25)/t12-,13?,14-,15-/m1/s1. The molecule has 1 unspecified atom stereocenters. The molecule has 2 aliphatic heterocycles. The smallest absolute Gasteiger partial charge is 0.326 e. The van der Waals surface area contributed by atoms with Gasteiger partial charge in [-0.1, -0.05) is 0 Å². The lowest BCUT2D eigenvalue weighted by Crippen LogP contribution is -2.47. The van der Waals surface area contributed by atoms with E-state index in [1.807, 2.05) is 0 Å². The minimum atomic E-state index is -1.01. The highest BCUT2D eigenvalue weighted by molar-refractivity contribution is 5.87. The fourth-order valence-electron chi connectivity index (χ4n) is 3.96. The molecular formula is C18H30N2O7. The second-order valence-electron chi connectivity index (χ2n) is 7.06. The van der Waals surface area contributed by atoms with Gasteiger partial charge < -0.3 is 29.5 Å². The van der Waals surface area contributed by atoms with Gasteiger partial charge in [0.25, 0.3) is 11.8 Å². The van der Waals surface area contributed by atoms with E-state index in [1.165, 1.54) is 19.1 Å². The van der Waals surface area contributed by atoms with Crippen LogP contribution in [0.1, 0.15) is 38.5 Å². The Kier molecular flexibility index (Phi) is 8.00. The van der Waals surface area contributed by atoms with Crippen molar-refractivity contribution in [1.82, 2.24) is 9.80 Å². The van der Waals surface area contributed by atoms with Crippen molar-refractivity contribution < 1.29 is 34.1 Å². The Bertz CT molecular complexity index is 542. The zero-order chi connectivity index (χ0) is 20.0. The maximum absolute atomic E-state index is 12.7. The van der Waals surface area contributed by atoms with Gasteiger partial charge in [0.2, 0.25) is 0 Å². The normalized spacial score (nSPS) is 24.9. The zero-order valence-corrected chi connectivity index (χ0v) is 16.0. The van der Waals surface area contributed by atoms with Crippen LogP contribution >= 0.6 is 0 Å². The first-order valence-electron chi connectivity index (χ1n) is 9.44. The summed E-state index contributed by atoms with van der Waals surface area (Å²) in [6.45, 7) is 0.909. The molecule has 2 amide bonds. The van der Waals surface area contributed by atoms with Crippen molar-refractivity contribution in [3.63, 3.8) is 0 Å². The summed E-state index contributed by atoms with van der Waals surface area (Å²) < 4.78 is 10.6. The van der Waals surface area contributed by atoms with Gasteiger partial charge in [-0.3, -0.25) is 9.59 Å². The number of carbonyl (C=O) groups is 3. The number of carbonyl (C=O) groups excluding carboxylic acids is 2. The number of rotatable bonds is 9. The van der Waals surface area contributed by atoms with E-state index in [4.69, 9.17) is 9.47 Å². The number of hydrogen-bond donors (Lipinski definition) is 2. The van der Waals surface area contributed by atoms with Crippen molar-refractivity contribution in [3.8, 4) is 0 Å². The number of methoxy groups -OCH3 is 2. The van der Waals surface area contributed by atoms with E-state index >= 15 is 0 Å². The molecule has 2 heterocycles. The summed E-state index contributed by atoms with van der Waals surface area (Å²) in [6, 6.07) is -0.999. The highest BCUT2D eigenvalue weighted by Crippen LogP contribution is 2.23. The molecule has 2 rings (SSSR count). The first-order chi connectivity index (χ1) is 12.9. The highest BCUT2D eigenvalue weighted by atomic mass is 16.5. The number of aliphatic hydroxyl groups is 1. The quantitative estimate of drug-likeness (QED) is 0.566. The minimum Gasteiger partial charge on any atom is -0.480 e. The van der Waals surface area contributed by atoms with Crippen molar-refractivity contribution in [3.05, 3.63) is 0 Å². The first kappa shape index (κ1) is 21.6. The fraction of sp³-hybridized carbons (Fsp3) is 0.833. The second-order valence-corrected chi connectivity index (χ2v) is 7.06. The molecule has 2 saturated heterocycles. The Balaban J connectivity index is 1.95. The molecule has 4 atom stereocenters. The van der Waals surface area contributed by atoms with E-state index < -0.39 is 24.2 Å². The van der Waals surface area contributed by atoms with Crippen LogP contribution in [-0.2, 0) is 23.9 Å². The third-order valence-electron chi connectivity index (χ3n) is 5.50. The summed E-state index contributed by atoms with van der Waals surface area (Å²) in [5.74, 6) is -1.57. The summed E-state index contributed by atoms with van der Waals surface area (Å²) in [5, 5.41) is 18.7. The fourth-order valence-corrected chi connectivity index (χ4v) is 3.96. The average molecular weight is 386 g/mol. The van der Waals surface area contributed by atoms with E-state index in [1.54, 1.807) is 4.90 Å². The lowest BCUT2D eigenvalue weighted by molar-refractivity contribution is -0.154. The summed E-state index contributed by atoms with van der Waals surface area (Å²) in [6.07, 6.45) is 1.69. The van der Waals surface area contributed by atoms with Crippen molar-refractivity contribution in [2.75, 3.05) is 33.9 Å². The lowest BCUT2D eigenvalue weighted by atomic mass is 10.1. The number of amides is 2.